The standard InChI is InChI=1S/C24H30Cl3N3O5S/c1-15(23(32)28-24(2,3)4)29(13-16-7-8-17(25)11-19(16)27)22(31)14-30(36(6,33)34)20-12-18(26)9-10-21(20)35-5/h7-12,15H,13-14H2,1-6H3,(H,28,32). The molecule has 2 rings (SSSR count). The van der Waals surface area contributed by atoms with E-state index >= 15 is 0 Å². The number of methoxy groups -OCH3 is 1. The van der Waals surface area contributed by atoms with Gasteiger partial charge in [-0.15, -0.1) is 0 Å². The molecule has 0 radical (unpaired) electrons. The number of anilines is 1. The molecule has 0 aliphatic carbocycles. The van der Waals surface area contributed by atoms with Gasteiger partial charge in [-0.1, -0.05) is 40.9 Å². The predicted molar refractivity (Wildman–Crippen MR) is 145 cm³/mol. The third-order valence-electron chi connectivity index (χ3n) is 5.11. The number of hydrogen-bond donors (Lipinski definition) is 1. The first kappa shape index (κ1) is 30.0. The van der Waals surface area contributed by atoms with E-state index in [4.69, 9.17) is 39.5 Å². The summed E-state index contributed by atoms with van der Waals surface area (Å²) >= 11 is 18.5. The summed E-state index contributed by atoms with van der Waals surface area (Å²) in [6, 6.07) is 8.28. The van der Waals surface area contributed by atoms with Gasteiger partial charge in [0.25, 0.3) is 0 Å². The van der Waals surface area contributed by atoms with Crippen LogP contribution < -0.4 is 14.4 Å². The number of nitrogens with zero attached hydrogens (tertiary/aromatic N) is 2. The highest BCUT2D eigenvalue weighted by atomic mass is 35.5. The van der Waals surface area contributed by atoms with E-state index in [9.17, 15) is 18.0 Å². The number of carbonyl (C=O) groups excluding carboxylic acids is 2. The van der Waals surface area contributed by atoms with Crippen molar-refractivity contribution in [3.8, 4) is 5.75 Å². The highest BCUT2D eigenvalue weighted by molar-refractivity contribution is 7.92. The summed E-state index contributed by atoms with van der Waals surface area (Å²) in [6.07, 6.45) is 0.969. The van der Waals surface area contributed by atoms with Crippen molar-refractivity contribution in [2.24, 2.45) is 0 Å². The first-order chi connectivity index (χ1) is 16.5. The summed E-state index contributed by atoms with van der Waals surface area (Å²) in [7, 11) is -2.58. The van der Waals surface area contributed by atoms with Gasteiger partial charge in [0.15, 0.2) is 0 Å². The third-order valence-corrected chi connectivity index (χ3v) is 7.06. The Hall–Kier alpha value is -2.20. The van der Waals surface area contributed by atoms with E-state index in [1.807, 2.05) is 20.8 Å². The van der Waals surface area contributed by atoms with Crippen molar-refractivity contribution in [2.75, 3.05) is 24.2 Å². The molecule has 1 atom stereocenters. The zero-order valence-electron chi connectivity index (χ0n) is 20.9. The van der Waals surface area contributed by atoms with Crippen LogP contribution in [0, 0.1) is 0 Å². The Morgan fingerprint density at radius 3 is 2.17 bits per heavy atom. The summed E-state index contributed by atoms with van der Waals surface area (Å²) in [5, 5.41) is 3.83. The van der Waals surface area contributed by atoms with Crippen LogP contribution in [0.2, 0.25) is 15.1 Å². The topological polar surface area (TPSA) is 96.0 Å². The Morgan fingerprint density at radius 2 is 1.64 bits per heavy atom. The lowest BCUT2D eigenvalue weighted by molar-refractivity contribution is -0.140. The lowest BCUT2D eigenvalue weighted by atomic mass is 10.1. The molecule has 36 heavy (non-hydrogen) atoms. The molecular weight excluding hydrogens is 549 g/mol. The number of benzene rings is 2. The fourth-order valence-corrected chi connectivity index (χ4v) is 4.82. The van der Waals surface area contributed by atoms with E-state index in [2.05, 4.69) is 5.32 Å². The first-order valence-electron chi connectivity index (χ1n) is 10.9. The van der Waals surface area contributed by atoms with Crippen molar-refractivity contribution >= 4 is 62.3 Å². The molecule has 0 bridgehead atoms. The molecule has 198 valence electrons. The quantitative estimate of drug-likeness (QED) is 0.463. The maximum Gasteiger partial charge on any atom is 0.244 e. The van der Waals surface area contributed by atoms with E-state index in [1.165, 1.54) is 30.2 Å². The summed E-state index contributed by atoms with van der Waals surface area (Å²) in [4.78, 5) is 27.9. The first-order valence-corrected chi connectivity index (χ1v) is 13.9. The molecule has 0 saturated heterocycles. The highest BCUT2D eigenvalue weighted by Crippen LogP contribution is 2.33. The van der Waals surface area contributed by atoms with E-state index in [-0.39, 0.29) is 23.0 Å². The van der Waals surface area contributed by atoms with Crippen molar-refractivity contribution in [1.82, 2.24) is 10.2 Å². The molecule has 0 aromatic heterocycles. The van der Waals surface area contributed by atoms with Crippen LogP contribution in [-0.4, -0.2) is 56.6 Å². The Labute approximate surface area is 227 Å². The molecule has 0 saturated carbocycles. The van der Waals surface area contributed by atoms with Crippen molar-refractivity contribution in [1.29, 1.82) is 0 Å². The zero-order valence-corrected chi connectivity index (χ0v) is 24.0. The molecule has 0 spiro atoms. The van der Waals surface area contributed by atoms with Crippen LogP contribution in [0.15, 0.2) is 36.4 Å². The molecule has 0 aliphatic rings. The molecule has 0 fully saturated rings. The lowest BCUT2D eigenvalue weighted by Crippen LogP contribution is -2.54. The molecule has 1 N–H and O–H groups in total. The summed E-state index contributed by atoms with van der Waals surface area (Å²) in [5.74, 6) is -0.833. The van der Waals surface area contributed by atoms with Gasteiger partial charge in [0.2, 0.25) is 21.8 Å². The Balaban J connectivity index is 2.51. The lowest BCUT2D eigenvalue weighted by Gasteiger charge is -2.33. The number of hydrogen-bond acceptors (Lipinski definition) is 5. The maximum atomic E-state index is 13.6. The molecule has 0 heterocycles. The number of nitrogens with one attached hydrogen (secondary N) is 1. The van der Waals surface area contributed by atoms with Crippen molar-refractivity contribution in [3.63, 3.8) is 0 Å². The molecular formula is C24H30Cl3N3O5S. The van der Waals surface area contributed by atoms with Crippen molar-refractivity contribution in [2.45, 2.75) is 45.8 Å². The van der Waals surface area contributed by atoms with Gasteiger partial charge in [-0.05, 0) is 63.6 Å². The van der Waals surface area contributed by atoms with Crippen LogP contribution in [0.3, 0.4) is 0 Å². The molecule has 8 nitrogen and oxygen atoms in total. The average molecular weight is 579 g/mol. The SMILES string of the molecule is COc1ccc(Cl)cc1N(CC(=O)N(Cc1ccc(Cl)cc1Cl)C(C)C(=O)NC(C)(C)C)S(C)(=O)=O. The Bertz CT molecular complexity index is 1230. The van der Waals surface area contributed by atoms with Crippen LogP contribution in [-0.2, 0) is 26.2 Å². The third kappa shape index (κ3) is 8.16. The van der Waals surface area contributed by atoms with E-state index in [0.29, 0.717) is 15.6 Å². The maximum absolute atomic E-state index is 13.6. The van der Waals surface area contributed by atoms with Gasteiger partial charge in [0, 0.05) is 27.2 Å². The molecule has 1 unspecified atom stereocenters. The van der Waals surface area contributed by atoms with Crippen LogP contribution >= 0.6 is 34.8 Å². The molecule has 2 aromatic carbocycles. The minimum absolute atomic E-state index is 0.0577. The monoisotopic (exact) mass is 577 g/mol. The minimum atomic E-state index is -3.95. The molecule has 2 aromatic rings. The number of amides is 2. The van der Waals surface area contributed by atoms with Gasteiger partial charge in [0.05, 0.1) is 19.1 Å². The number of halogens is 3. The van der Waals surface area contributed by atoms with Crippen LogP contribution in [0.1, 0.15) is 33.3 Å². The molecule has 12 heteroatoms. The number of rotatable bonds is 9. The van der Waals surface area contributed by atoms with Gasteiger partial charge >= 0.3 is 0 Å². The normalized spacial score (nSPS) is 12.6. The number of ether oxygens (including phenoxy) is 1. The van der Waals surface area contributed by atoms with E-state index in [0.717, 1.165) is 10.6 Å². The Morgan fingerprint density at radius 1 is 1.06 bits per heavy atom. The second kappa shape index (κ2) is 11.9. The summed E-state index contributed by atoms with van der Waals surface area (Å²) < 4.78 is 31.7. The van der Waals surface area contributed by atoms with Gasteiger partial charge < -0.3 is 15.0 Å². The molecule has 0 aliphatic heterocycles. The van der Waals surface area contributed by atoms with E-state index in [1.54, 1.807) is 25.1 Å². The largest absolute Gasteiger partial charge is 0.495 e. The second-order valence-corrected chi connectivity index (χ2v) is 12.4. The highest BCUT2D eigenvalue weighted by Gasteiger charge is 2.32. The van der Waals surface area contributed by atoms with Crippen molar-refractivity contribution < 1.29 is 22.7 Å². The minimum Gasteiger partial charge on any atom is -0.495 e. The van der Waals surface area contributed by atoms with Gasteiger partial charge in [-0.2, -0.15) is 0 Å². The fourth-order valence-electron chi connectivity index (χ4n) is 3.34. The van der Waals surface area contributed by atoms with Gasteiger partial charge in [-0.25, -0.2) is 8.42 Å². The molecule has 2 amide bonds. The van der Waals surface area contributed by atoms with Gasteiger partial charge in [-0.3, -0.25) is 13.9 Å². The summed E-state index contributed by atoms with van der Waals surface area (Å²) in [5.41, 5.74) is 0.0819. The van der Waals surface area contributed by atoms with Crippen molar-refractivity contribution in [3.05, 3.63) is 57.0 Å². The predicted octanol–water partition coefficient (Wildman–Crippen LogP) is 4.75. The fraction of sp³-hybridized carbons (Fsp3) is 0.417. The number of carbonyl (C=O) groups is 2. The van der Waals surface area contributed by atoms with Crippen LogP contribution in [0.25, 0.3) is 0 Å². The van der Waals surface area contributed by atoms with Crippen LogP contribution in [0.4, 0.5) is 5.69 Å². The summed E-state index contributed by atoms with van der Waals surface area (Å²) in [6.45, 7) is 6.35. The van der Waals surface area contributed by atoms with Crippen LogP contribution in [0.5, 0.6) is 5.75 Å². The average Bonchev–Trinajstić information content (AvgIpc) is 2.74. The van der Waals surface area contributed by atoms with E-state index < -0.39 is 40.0 Å². The smallest absolute Gasteiger partial charge is 0.244 e. The number of sulfonamides is 1. The zero-order chi connectivity index (χ0) is 27.4. The second-order valence-electron chi connectivity index (χ2n) is 9.26. The Kier molecular flexibility index (Phi) is 9.92. The van der Waals surface area contributed by atoms with Gasteiger partial charge in [0.1, 0.15) is 18.3 Å².